The van der Waals surface area contributed by atoms with E-state index in [2.05, 4.69) is 20.3 Å². The van der Waals surface area contributed by atoms with Crippen molar-refractivity contribution in [2.75, 3.05) is 0 Å². The van der Waals surface area contributed by atoms with Crippen molar-refractivity contribution in [3.05, 3.63) is 83.2 Å². The number of benzene rings is 2. The second kappa shape index (κ2) is 7.23. The molecule has 4 rings (SSSR count). The highest BCUT2D eigenvalue weighted by molar-refractivity contribution is 5.97. The van der Waals surface area contributed by atoms with Gasteiger partial charge in [0.15, 0.2) is 0 Å². The predicted molar refractivity (Wildman–Crippen MR) is 108 cm³/mol. The molecule has 0 saturated carbocycles. The summed E-state index contributed by atoms with van der Waals surface area (Å²) in [7, 11) is 0. The van der Waals surface area contributed by atoms with E-state index < -0.39 is 0 Å². The average Bonchev–Trinajstić information content (AvgIpc) is 3.12. The molecule has 2 aromatic carbocycles. The standard InChI is InChI=1S/C22H21N5O/c1-14-15(2)26-20-12-17(8-9-19(20)25-14)22(28)24-13-18-6-4-5-7-21(18)27-11-10-23-16(27)3/h4-12H,13H2,1-3H3,(H,24,28). The fourth-order valence-corrected chi connectivity index (χ4v) is 3.18. The van der Waals surface area contributed by atoms with Crippen molar-refractivity contribution in [3.63, 3.8) is 0 Å². The van der Waals surface area contributed by atoms with E-state index in [1.165, 1.54) is 0 Å². The van der Waals surface area contributed by atoms with Gasteiger partial charge < -0.3 is 9.88 Å². The maximum atomic E-state index is 12.7. The predicted octanol–water partition coefficient (Wildman–Crippen LogP) is 3.67. The summed E-state index contributed by atoms with van der Waals surface area (Å²) in [6.45, 7) is 6.23. The lowest BCUT2D eigenvalue weighted by Gasteiger charge is -2.13. The van der Waals surface area contributed by atoms with Crippen molar-refractivity contribution in [3.8, 4) is 5.69 Å². The molecule has 6 nitrogen and oxygen atoms in total. The molecule has 0 bridgehead atoms. The van der Waals surface area contributed by atoms with E-state index in [4.69, 9.17) is 0 Å². The molecular formula is C22H21N5O. The first-order valence-corrected chi connectivity index (χ1v) is 9.14. The van der Waals surface area contributed by atoms with Crippen LogP contribution in [0.5, 0.6) is 0 Å². The number of amides is 1. The topological polar surface area (TPSA) is 72.7 Å². The maximum absolute atomic E-state index is 12.7. The molecule has 1 N–H and O–H groups in total. The molecule has 28 heavy (non-hydrogen) atoms. The van der Waals surface area contributed by atoms with Crippen molar-refractivity contribution < 1.29 is 4.79 Å². The third-order valence-electron chi connectivity index (χ3n) is 4.85. The summed E-state index contributed by atoms with van der Waals surface area (Å²) < 4.78 is 2.01. The SMILES string of the molecule is Cc1nc2ccc(C(=O)NCc3ccccc3-n3ccnc3C)cc2nc1C. The number of imidazole rings is 1. The average molecular weight is 371 g/mol. The molecule has 1 amide bonds. The Morgan fingerprint density at radius 2 is 1.75 bits per heavy atom. The lowest BCUT2D eigenvalue weighted by molar-refractivity contribution is 0.0951. The Kier molecular flexibility index (Phi) is 4.61. The molecule has 0 aliphatic rings. The quantitative estimate of drug-likeness (QED) is 0.594. The fourth-order valence-electron chi connectivity index (χ4n) is 3.18. The van der Waals surface area contributed by atoms with Crippen molar-refractivity contribution in [1.82, 2.24) is 24.8 Å². The van der Waals surface area contributed by atoms with Gasteiger partial charge in [-0.15, -0.1) is 0 Å². The van der Waals surface area contributed by atoms with Crippen molar-refractivity contribution in [1.29, 1.82) is 0 Å². The van der Waals surface area contributed by atoms with Gasteiger partial charge in [-0.2, -0.15) is 0 Å². The van der Waals surface area contributed by atoms with Crippen LogP contribution in [0.4, 0.5) is 0 Å². The number of fused-ring (bicyclic) bond motifs is 1. The van der Waals surface area contributed by atoms with E-state index in [0.717, 1.165) is 39.5 Å². The number of aromatic nitrogens is 4. The number of nitrogens with zero attached hydrogens (tertiary/aromatic N) is 4. The van der Waals surface area contributed by atoms with Gasteiger partial charge in [0, 0.05) is 24.5 Å². The number of carbonyl (C=O) groups is 1. The van der Waals surface area contributed by atoms with Crippen LogP contribution in [0.1, 0.15) is 33.1 Å². The second-order valence-electron chi connectivity index (χ2n) is 6.75. The monoisotopic (exact) mass is 371 g/mol. The highest BCUT2D eigenvalue weighted by Crippen LogP contribution is 2.17. The third-order valence-corrected chi connectivity index (χ3v) is 4.85. The number of carbonyl (C=O) groups excluding carboxylic acids is 1. The van der Waals surface area contributed by atoms with Crippen LogP contribution in [0.2, 0.25) is 0 Å². The van der Waals surface area contributed by atoms with Gasteiger partial charge >= 0.3 is 0 Å². The zero-order valence-corrected chi connectivity index (χ0v) is 16.1. The second-order valence-corrected chi connectivity index (χ2v) is 6.75. The van der Waals surface area contributed by atoms with E-state index in [1.807, 2.05) is 61.9 Å². The van der Waals surface area contributed by atoms with Gasteiger partial charge in [-0.3, -0.25) is 4.79 Å². The molecule has 0 fully saturated rings. The van der Waals surface area contributed by atoms with Gasteiger partial charge in [-0.1, -0.05) is 18.2 Å². The first-order valence-electron chi connectivity index (χ1n) is 9.14. The number of rotatable bonds is 4. The summed E-state index contributed by atoms with van der Waals surface area (Å²) in [5, 5.41) is 3.01. The van der Waals surface area contributed by atoms with Crippen LogP contribution in [0.15, 0.2) is 54.9 Å². The minimum atomic E-state index is -0.140. The minimum Gasteiger partial charge on any atom is -0.348 e. The Morgan fingerprint density at radius 1 is 1.00 bits per heavy atom. The molecule has 0 unspecified atom stereocenters. The summed E-state index contributed by atoms with van der Waals surface area (Å²) in [6.07, 6.45) is 3.69. The first-order chi connectivity index (χ1) is 13.5. The molecule has 0 aliphatic carbocycles. The Morgan fingerprint density at radius 3 is 2.50 bits per heavy atom. The van der Waals surface area contributed by atoms with Crippen molar-refractivity contribution >= 4 is 16.9 Å². The molecule has 140 valence electrons. The van der Waals surface area contributed by atoms with E-state index in [1.54, 1.807) is 18.3 Å². The van der Waals surface area contributed by atoms with Gasteiger partial charge in [0.05, 0.1) is 28.1 Å². The number of para-hydroxylation sites is 1. The van der Waals surface area contributed by atoms with E-state index >= 15 is 0 Å². The lowest BCUT2D eigenvalue weighted by Crippen LogP contribution is -2.23. The Bertz CT molecular complexity index is 1180. The van der Waals surface area contributed by atoms with Crippen LogP contribution in [0.3, 0.4) is 0 Å². The van der Waals surface area contributed by atoms with E-state index in [-0.39, 0.29) is 5.91 Å². The zero-order chi connectivity index (χ0) is 19.7. The maximum Gasteiger partial charge on any atom is 0.251 e. The summed E-state index contributed by atoms with van der Waals surface area (Å²) in [4.78, 5) is 26.0. The summed E-state index contributed by atoms with van der Waals surface area (Å²) in [5.74, 6) is 0.761. The Labute approximate surface area is 163 Å². The molecule has 2 heterocycles. The minimum absolute atomic E-state index is 0.140. The highest BCUT2D eigenvalue weighted by atomic mass is 16.1. The first kappa shape index (κ1) is 17.9. The Hall–Kier alpha value is -3.54. The van der Waals surface area contributed by atoms with Crippen molar-refractivity contribution in [2.45, 2.75) is 27.3 Å². The van der Waals surface area contributed by atoms with E-state index in [0.29, 0.717) is 12.1 Å². The molecule has 0 aliphatic heterocycles. The van der Waals surface area contributed by atoms with Crippen LogP contribution >= 0.6 is 0 Å². The van der Waals surface area contributed by atoms with Crippen LogP contribution < -0.4 is 5.32 Å². The molecule has 0 spiro atoms. The van der Waals surface area contributed by atoms with Crippen molar-refractivity contribution in [2.24, 2.45) is 0 Å². The van der Waals surface area contributed by atoms with Gasteiger partial charge in [0.1, 0.15) is 5.82 Å². The fraction of sp³-hybridized carbons (Fsp3) is 0.182. The van der Waals surface area contributed by atoms with Gasteiger partial charge in [-0.05, 0) is 50.6 Å². The summed E-state index contributed by atoms with van der Waals surface area (Å²) in [6, 6.07) is 13.4. The number of nitrogens with one attached hydrogen (secondary N) is 1. The normalized spacial score (nSPS) is 11.0. The number of hydrogen-bond donors (Lipinski definition) is 1. The number of hydrogen-bond acceptors (Lipinski definition) is 4. The molecule has 0 saturated heterocycles. The molecule has 4 aromatic rings. The van der Waals surface area contributed by atoms with Gasteiger partial charge in [0.25, 0.3) is 5.91 Å². The van der Waals surface area contributed by atoms with Crippen LogP contribution in [-0.2, 0) is 6.54 Å². The number of aryl methyl sites for hydroxylation is 3. The highest BCUT2D eigenvalue weighted by Gasteiger charge is 2.11. The summed E-state index contributed by atoms with van der Waals surface area (Å²) >= 11 is 0. The summed E-state index contributed by atoms with van der Waals surface area (Å²) in [5.41, 5.74) is 5.88. The molecule has 2 aromatic heterocycles. The van der Waals surface area contributed by atoms with E-state index in [9.17, 15) is 4.79 Å². The largest absolute Gasteiger partial charge is 0.348 e. The molecule has 0 radical (unpaired) electrons. The zero-order valence-electron chi connectivity index (χ0n) is 16.1. The smallest absolute Gasteiger partial charge is 0.251 e. The van der Waals surface area contributed by atoms with Crippen LogP contribution in [-0.4, -0.2) is 25.4 Å². The van der Waals surface area contributed by atoms with Gasteiger partial charge in [0.2, 0.25) is 0 Å². The third kappa shape index (κ3) is 3.36. The van der Waals surface area contributed by atoms with Crippen LogP contribution in [0, 0.1) is 20.8 Å². The molecule has 0 atom stereocenters. The van der Waals surface area contributed by atoms with Crippen LogP contribution in [0.25, 0.3) is 16.7 Å². The lowest BCUT2D eigenvalue weighted by atomic mass is 10.1. The van der Waals surface area contributed by atoms with Gasteiger partial charge in [-0.25, -0.2) is 15.0 Å². The molecule has 6 heteroatoms. The Balaban J connectivity index is 1.56. The molecular weight excluding hydrogens is 350 g/mol.